The smallest absolute Gasteiger partial charge is 0.328 e. The summed E-state index contributed by atoms with van der Waals surface area (Å²) in [6.45, 7) is 4.93. The second-order valence-electron chi connectivity index (χ2n) is 10.6. The van der Waals surface area contributed by atoms with Crippen molar-refractivity contribution in [2.24, 2.45) is 0 Å². The third-order valence-corrected chi connectivity index (χ3v) is 8.77. The first-order valence-corrected chi connectivity index (χ1v) is 14.9. The van der Waals surface area contributed by atoms with Gasteiger partial charge in [0.25, 0.3) is 0 Å². The van der Waals surface area contributed by atoms with Gasteiger partial charge < -0.3 is 15.0 Å². The van der Waals surface area contributed by atoms with E-state index in [0.717, 1.165) is 54.9 Å². The highest BCUT2D eigenvalue weighted by Crippen LogP contribution is 2.42. The van der Waals surface area contributed by atoms with E-state index in [9.17, 15) is 14.9 Å². The first-order valence-electron chi connectivity index (χ1n) is 13.7. The van der Waals surface area contributed by atoms with Crippen LogP contribution in [0.4, 0.5) is 22.1 Å². The molecule has 40 heavy (non-hydrogen) atoms. The molecule has 11 nitrogen and oxygen atoms in total. The number of hydrogen-bond donors (Lipinski definition) is 2. The van der Waals surface area contributed by atoms with Gasteiger partial charge in [0.05, 0.1) is 31.5 Å². The highest BCUT2D eigenvalue weighted by atomic mass is 32.2. The van der Waals surface area contributed by atoms with E-state index in [1.165, 1.54) is 6.20 Å². The van der Waals surface area contributed by atoms with Crippen LogP contribution >= 0.6 is 11.8 Å². The van der Waals surface area contributed by atoms with Gasteiger partial charge in [0.1, 0.15) is 17.7 Å². The lowest BCUT2D eigenvalue weighted by Gasteiger charge is -2.33. The van der Waals surface area contributed by atoms with Crippen molar-refractivity contribution in [3.63, 3.8) is 0 Å². The number of urea groups is 1. The zero-order valence-electron chi connectivity index (χ0n) is 23.3. The normalized spacial score (nSPS) is 18.1. The van der Waals surface area contributed by atoms with Gasteiger partial charge in [-0.1, -0.05) is 6.92 Å². The van der Waals surface area contributed by atoms with E-state index in [1.807, 2.05) is 34.7 Å². The molecule has 212 valence electrons. The molecule has 12 heteroatoms. The average Bonchev–Trinajstić information content (AvgIpc) is 3.72. The summed E-state index contributed by atoms with van der Waals surface area (Å²) < 4.78 is 5.61. The number of carbonyl (C=O) groups excluding carboxylic acids is 2. The number of likely N-dealkylation sites (N-methyl/N-ethyl adjacent to an activating group) is 1. The van der Waals surface area contributed by atoms with Crippen LogP contribution in [0, 0.1) is 11.3 Å². The van der Waals surface area contributed by atoms with E-state index in [-0.39, 0.29) is 17.5 Å². The lowest BCUT2D eigenvalue weighted by Crippen LogP contribution is -2.48. The minimum Gasteiger partial charge on any atom is -0.481 e. The number of nitrogens with one attached hydrogen (secondary N) is 2. The van der Waals surface area contributed by atoms with Crippen LogP contribution in [-0.2, 0) is 17.8 Å². The molecule has 4 heterocycles. The molecule has 2 aromatic heterocycles. The maximum absolute atomic E-state index is 13.5. The average molecular weight is 565 g/mol. The lowest BCUT2D eigenvalue weighted by molar-refractivity contribution is -0.136. The number of amides is 3. The molecule has 3 aliphatic rings. The zero-order chi connectivity index (χ0) is 28.3. The lowest BCUT2D eigenvalue weighted by atomic mass is 10.0. The van der Waals surface area contributed by atoms with Crippen molar-refractivity contribution in [1.82, 2.24) is 19.8 Å². The number of methoxy groups -OCH3 is 1. The minimum absolute atomic E-state index is 0.00632. The number of thioether (sulfide) groups is 1. The predicted molar refractivity (Wildman–Crippen MR) is 156 cm³/mol. The molecule has 1 aliphatic carbocycles. The molecule has 3 amide bonds. The molecular formula is C28H36N8O3S. The van der Waals surface area contributed by atoms with E-state index < -0.39 is 0 Å². The molecule has 0 unspecified atom stereocenters. The molecule has 0 atom stereocenters. The summed E-state index contributed by atoms with van der Waals surface area (Å²) in [7, 11) is 3.50. The fraction of sp³-hybridized carbons (Fsp3) is 0.536. The first-order chi connectivity index (χ1) is 19.3. The molecule has 1 saturated heterocycles. The summed E-state index contributed by atoms with van der Waals surface area (Å²) in [6, 6.07) is 5.61. The molecule has 2 fully saturated rings. The van der Waals surface area contributed by atoms with Crippen LogP contribution in [0.15, 0.2) is 18.3 Å². The summed E-state index contributed by atoms with van der Waals surface area (Å²) in [5.41, 5.74) is 2.91. The van der Waals surface area contributed by atoms with Gasteiger partial charge in [-0.25, -0.2) is 9.78 Å². The largest absolute Gasteiger partial charge is 0.481 e. The van der Waals surface area contributed by atoms with Crippen LogP contribution in [0.1, 0.15) is 42.9 Å². The number of aryl methyl sites for hydroxylation is 1. The molecule has 0 spiro atoms. The van der Waals surface area contributed by atoms with Crippen molar-refractivity contribution in [3.05, 3.63) is 35.0 Å². The molecule has 0 bridgehead atoms. The number of piperazine rings is 1. The summed E-state index contributed by atoms with van der Waals surface area (Å²) in [4.78, 5) is 40.5. The van der Waals surface area contributed by atoms with Crippen molar-refractivity contribution < 1.29 is 14.3 Å². The monoisotopic (exact) mass is 564 g/mol. The van der Waals surface area contributed by atoms with Gasteiger partial charge in [-0.05, 0) is 50.1 Å². The second kappa shape index (κ2) is 11.9. The van der Waals surface area contributed by atoms with Gasteiger partial charge in [-0.3, -0.25) is 19.9 Å². The number of fused-ring (bicyclic) bond motifs is 1. The van der Waals surface area contributed by atoms with Crippen LogP contribution in [0.5, 0.6) is 5.88 Å². The molecular weight excluding hydrogens is 528 g/mol. The molecule has 0 radical (unpaired) electrons. The molecule has 2 aromatic rings. The van der Waals surface area contributed by atoms with Gasteiger partial charge in [-0.15, -0.1) is 0 Å². The minimum atomic E-state index is -0.344. The summed E-state index contributed by atoms with van der Waals surface area (Å²) in [6.07, 6.45) is 5.17. The van der Waals surface area contributed by atoms with Crippen molar-refractivity contribution in [3.8, 4) is 11.9 Å². The van der Waals surface area contributed by atoms with Crippen LogP contribution < -0.4 is 20.3 Å². The predicted octanol–water partition coefficient (Wildman–Crippen LogP) is 3.31. The fourth-order valence-corrected chi connectivity index (χ4v) is 6.10. The van der Waals surface area contributed by atoms with E-state index in [1.54, 1.807) is 18.1 Å². The number of aromatic nitrogens is 2. The van der Waals surface area contributed by atoms with Gasteiger partial charge in [0.2, 0.25) is 11.8 Å². The number of ether oxygens (including phenoxy) is 1. The molecule has 2 aliphatic heterocycles. The number of anilines is 3. The quantitative estimate of drug-likeness (QED) is 0.472. The van der Waals surface area contributed by atoms with Crippen molar-refractivity contribution in [2.75, 3.05) is 67.4 Å². The molecule has 5 rings (SSSR count). The Hall–Kier alpha value is -3.56. The Kier molecular flexibility index (Phi) is 8.32. The summed E-state index contributed by atoms with van der Waals surface area (Å²) in [5.74, 6) is 3.42. The Morgan fingerprint density at radius 3 is 2.80 bits per heavy atom. The SMILES string of the molecule is CCSCC1(Nc2cc(NC(=O)N3CCCc4cc(CN5CCN(C)CC5=O)c(OC)nc43)ncc2C#N)CC1. The highest BCUT2D eigenvalue weighted by Gasteiger charge is 2.42. The summed E-state index contributed by atoms with van der Waals surface area (Å²) in [5, 5.41) is 16.1. The van der Waals surface area contributed by atoms with Crippen LogP contribution in [0.3, 0.4) is 0 Å². The number of hydrogen-bond acceptors (Lipinski definition) is 9. The molecule has 1 saturated carbocycles. The van der Waals surface area contributed by atoms with E-state index in [0.29, 0.717) is 54.9 Å². The Labute approximate surface area is 239 Å². The number of carbonyl (C=O) groups is 2. The van der Waals surface area contributed by atoms with E-state index in [2.05, 4.69) is 28.6 Å². The second-order valence-corrected chi connectivity index (χ2v) is 11.9. The van der Waals surface area contributed by atoms with E-state index >= 15 is 0 Å². The number of nitrogens with zero attached hydrogens (tertiary/aromatic N) is 6. The maximum Gasteiger partial charge on any atom is 0.328 e. The molecule has 2 N–H and O–H groups in total. The topological polar surface area (TPSA) is 127 Å². The van der Waals surface area contributed by atoms with Crippen molar-refractivity contribution >= 4 is 41.0 Å². The van der Waals surface area contributed by atoms with E-state index in [4.69, 9.17) is 9.72 Å². The van der Waals surface area contributed by atoms with Gasteiger partial charge in [-0.2, -0.15) is 22.0 Å². The third-order valence-electron chi connectivity index (χ3n) is 7.61. The van der Waals surface area contributed by atoms with Gasteiger partial charge >= 0.3 is 6.03 Å². The fourth-order valence-electron chi connectivity index (χ4n) is 5.15. The summed E-state index contributed by atoms with van der Waals surface area (Å²) >= 11 is 1.88. The first kappa shape index (κ1) is 28.0. The maximum atomic E-state index is 13.5. The number of nitriles is 1. The number of pyridine rings is 2. The van der Waals surface area contributed by atoms with Gasteiger partial charge in [0, 0.05) is 48.8 Å². The standard InChI is InChI=1S/C28H36N8O3S/c1-4-40-18-28(7-8-28)33-22-13-23(30-15-21(22)14-29)31-27(38)36-9-5-6-19-12-20(26(39-3)32-25(19)36)16-35-11-10-34(2)17-24(35)37/h12-13,15H,4-11,16-18H2,1-3H3,(H2,30,31,33,38). The van der Waals surface area contributed by atoms with Crippen molar-refractivity contribution in [2.45, 2.75) is 44.7 Å². The molecule has 0 aromatic carbocycles. The Bertz CT molecular complexity index is 1330. The van der Waals surface area contributed by atoms with Crippen molar-refractivity contribution in [1.29, 1.82) is 5.26 Å². The Morgan fingerprint density at radius 2 is 2.10 bits per heavy atom. The van der Waals surface area contributed by atoms with Gasteiger partial charge in [0.15, 0.2) is 0 Å². The zero-order valence-corrected chi connectivity index (χ0v) is 24.1. The van der Waals surface area contributed by atoms with Crippen LogP contribution in [0.2, 0.25) is 0 Å². The Morgan fingerprint density at radius 1 is 1.27 bits per heavy atom. The van der Waals surface area contributed by atoms with Crippen LogP contribution in [0.25, 0.3) is 0 Å². The number of rotatable bonds is 9. The third kappa shape index (κ3) is 6.10. The highest BCUT2D eigenvalue weighted by molar-refractivity contribution is 7.99. The Balaban J connectivity index is 1.33. The van der Waals surface area contributed by atoms with Crippen LogP contribution in [-0.4, -0.2) is 89.1 Å².